The van der Waals surface area contributed by atoms with Crippen LogP contribution in [-0.2, 0) is 13.5 Å². The lowest BCUT2D eigenvalue weighted by atomic mass is 9.78. The molecule has 4 heteroatoms. The summed E-state index contributed by atoms with van der Waals surface area (Å²) in [6.45, 7) is 0.792. The van der Waals surface area contributed by atoms with Crippen molar-refractivity contribution in [2.45, 2.75) is 32.1 Å². The molecule has 0 spiro atoms. The van der Waals surface area contributed by atoms with Crippen molar-refractivity contribution in [3.8, 4) is 0 Å². The van der Waals surface area contributed by atoms with Gasteiger partial charge in [0.25, 0.3) is 0 Å². The van der Waals surface area contributed by atoms with E-state index in [1.165, 1.54) is 18.4 Å². The number of aliphatic hydroxyl groups excluding tert-OH is 1. The van der Waals surface area contributed by atoms with Crippen LogP contribution in [0, 0.1) is 11.3 Å². The van der Waals surface area contributed by atoms with Gasteiger partial charge in [-0.15, -0.1) is 0 Å². The number of aliphatic hydroxyl groups is 1. The molecule has 3 N–H and O–H groups in total. The Morgan fingerprint density at radius 2 is 2.35 bits per heavy atom. The van der Waals surface area contributed by atoms with Crippen LogP contribution in [0.15, 0.2) is 12.4 Å². The zero-order chi connectivity index (χ0) is 12.3. The monoisotopic (exact) mass is 237 g/mol. The maximum Gasteiger partial charge on any atom is 0.0521 e. The zero-order valence-corrected chi connectivity index (χ0v) is 10.6. The quantitative estimate of drug-likeness (QED) is 0.746. The van der Waals surface area contributed by atoms with Gasteiger partial charge in [-0.3, -0.25) is 4.68 Å². The third-order valence-electron chi connectivity index (χ3n) is 3.89. The summed E-state index contributed by atoms with van der Waals surface area (Å²) in [7, 11) is 1.93. The molecule has 0 aromatic carbocycles. The molecular weight excluding hydrogens is 214 g/mol. The van der Waals surface area contributed by atoms with E-state index in [0.29, 0.717) is 6.54 Å². The summed E-state index contributed by atoms with van der Waals surface area (Å²) in [5.41, 5.74) is 7.04. The largest absolute Gasteiger partial charge is 0.396 e. The Balaban J connectivity index is 1.91. The van der Waals surface area contributed by atoms with Gasteiger partial charge in [0, 0.05) is 31.8 Å². The molecular formula is C13H23N3O. The van der Waals surface area contributed by atoms with Gasteiger partial charge in [0.15, 0.2) is 0 Å². The highest BCUT2D eigenvalue weighted by atomic mass is 16.3. The number of hydrogen-bond donors (Lipinski definition) is 2. The van der Waals surface area contributed by atoms with Crippen molar-refractivity contribution in [2.24, 2.45) is 24.1 Å². The summed E-state index contributed by atoms with van der Waals surface area (Å²) in [4.78, 5) is 0. The van der Waals surface area contributed by atoms with Gasteiger partial charge in [-0.05, 0) is 30.7 Å². The molecule has 2 rings (SSSR count). The minimum atomic E-state index is -0.0724. The van der Waals surface area contributed by atoms with Crippen molar-refractivity contribution in [3.05, 3.63) is 18.0 Å². The Morgan fingerprint density at radius 3 is 2.82 bits per heavy atom. The first kappa shape index (κ1) is 12.6. The topological polar surface area (TPSA) is 64.1 Å². The molecule has 17 heavy (non-hydrogen) atoms. The Bertz CT molecular complexity index is 353. The molecule has 0 bridgehead atoms. The van der Waals surface area contributed by atoms with Crippen LogP contribution in [0.1, 0.15) is 31.2 Å². The highest BCUT2D eigenvalue weighted by molar-refractivity contribution is 5.05. The van der Waals surface area contributed by atoms with Gasteiger partial charge >= 0.3 is 0 Å². The molecule has 1 aliphatic carbocycles. The van der Waals surface area contributed by atoms with Gasteiger partial charge in [0.05, 0.1) is 6.20 Å². The van der Waals surface area contributed by atoms with Gasteiger partial charge in [-0.2, -0.15) is 5.10 Å². The third-order valence-corrected chi connectivity index (χ3v) is 3.89. The molecule has 1 atom stereocenters. The molecule has 0 radical (unpaired) electrons. The van der Waals surface area contributed by atoms with Gasteiger partial charge in [0.1, 0.15) is 0 Å². The smallest absolute Gasteiger partial charge is 0.0521 e. The summed E-state index contributed by atoms with van der Waals surface area (Å²) in [5.74, 6) is 0.805. The van der Waals surface area contributed by atoms with Crippen LogP contribution in [0.5, 0.6) is 0 Å². The van der Waals surface area contributed by atoms with E-state index in [1.807, 2.05) is 24.1 Å². The Labute approximate surface area is 103 Å². The lowest BCUT2D eigenvalue weighted by Crippen LogP contribution is -2.35. The van der Waals surface area contributed by atoms with E-state index in [1.54, 1.807) is 0 Å². The fourth-order valence-corrected chi connectivity index (χ4v) is 2.44. The highest BCUT2D eigenvalue weighted by Gasteiger charge is 2.35. The normalized spacial score (nSPS) is 19.2. The molecule has 1 aromatic heterocycles. The second kappa shape index (κ2) is 5.19. The molecule has 4 nitrogen and oxygen atoms in total. The van der Waals surface area contributed by atoms with E-state index in [2.05, 4.69) is 5.10 Å². The number of nitrogens with zero attached hydrogens (tertiary/aromatic N) is 2. The summed E-state index contributed by atoms with van der Waals surface area (Å²) in [6.07, 6.45) is 9.57. The van der Waals surface area contributed by atoms with Crippen LogP contribution in [0.4, 0.5) is 0 Å². The summed E-state index contributed by atoms with van der Waals surface area (Å²) in [6, 6.07) is 0. The van der Waals surface area contributed by atoms with Crippen molar-refractivity contribution in [3.63, 3.8) is 0 Å². The molecule has 1 fully saturated rings. The first-order valence-corrected chi connectivity index (χ1v) is 6.46. The lowest BCUT2D eigenvalue weighted by molar-refractivity contribution is 0.106. The Hall–Kier alpha value is -0.870. The van der Waals surface area contributed by atoms with E-state index in [9.17, 15) is 5.11 Å². The second-order valence-corrected chi connectivity index (χ2v) is 5.53. The number of aryl methyl sites for hydroxylation is 2. The number of aromatic nitrogens is 2. The first-order chi connectivity index (χ1) is 8.17. The van der Waals surface area contributed by atoms with E-state index >= 15 is 0 Å². The van der Waals surface area contributed by atoms with Crippen LogP contribution >= 0.6 is 0 Å². The fourth-order valence-electron chi connectivity index (χ4n) is 2.44. The molecule has 0 saturated heterocycles. The SMILES string of the molecule is Cn1cc(CCC(CN)(CO)CC2CC2)cn1. The Kier molecular flexibility index (Phi) is 3.84. The standard InChI is InChI=1S/C13H23N3O/c1-16-8-12(7-15-16)4-5-13(9-14,10-17)6-11-2-3-11/h7-8,11,17H,2-6,9-10,14H2,1H3. The van der Waals surface area contributed by atoms with Crippen molar-refractivity contribution in [2.75, 3.05) is 13.2 Å². The number of hydrogen-bond acceptors (Lipinski definition) is 3. The van der Waals surface area contributed by atoms with E-state index in [4.69, 9.17) is 5.73 Å². The maximum atomic E-state index is 9.64. The predicted octanol–water partition coefficient (Wildman–Crippen LogP) is 1.09. The predicted molar refractivity (Wildman–Crippen MR) is 67.4 cm³/mol. The molecule has 96 valence electrons. The third kappa shape index (κ3) is 3.30. The minimum Gasteiger partial charge on any atom is -0.396 e. The van der Waals surface area contributed by atoms with Gasteiger partial charge in [-0.25, -0.2) is 0 Å². The minimum absolute atomic E-state index is 0.0724. The lowest BCUT2D eigenvalue weighted by Gasteiger charge is -2.30. The molecule has 0 amide bonds. The van der Waals surface area contributed by atoms with E-state index in [-0.39, 0.29) is 12.0 Å². The molecule has 1 saturated carbocycles. The van der Waals surface area contributed by atoms with Gasteiger partial charge in [-0.1, -0.05) is 12.8 Å². The van der Waals surface area contributed by atoms with Crippen LogP contribution in [-0.4, -0.2) is 28.0 Å². The maximum absolute atomic E-state index is 9.64. The second-order valence-electron chi connectivity index (χ2n) is 5.53. The average molecular weight is 237 g/mol. The molecule has 1 unspecified atom stereocenters. The van der Waals surface area contributed by atoms with E-state index < -0.39 is 0 Å². The average Bonchev–Trinajstić information content (AvgIpc) is 3.06. The zero-order valence-electron chi connectivity index (χ0n) is 10.6. The van der Waals surface area contributed by atoms with Crippen molar-refractivity contribution in [1.29, 1.82) is 0 Å². The highest BCUT2D eigenvalue weighted by Crippen LogP contribution is 2.41. The molecule has 1 aromatic rings. The summed E-state index contributed by atoms with van der Waals surface area (Å²) < 4.78 is 1.82. The summed E-state index contributed by atoms with van der Waals surface area (Å²) >= 11 is 0. The molecule has 1 heterocycles. The fraction of sp³-hybridized carbons (Fsp3) is 0.769. The summed E-state index contributed by atoms with van der Waals surface area (Å²) in [5, 5.41) is 13.8. The van der Waals surface area contributed by atoms with Crippen LogP contribution in [0.25, 0.3) is 0 Å². The van der Waals surface area contributed by atoms with Crippen LogP contribution < -0.4 is 5.73 Å². The van der Waals surface area contributed by atoms with Gasteiger partial charge < -0.3 is 10.8 Å². The van der Waals surface area contributed by atoms with Crippen LogP contribution in [0.3, 0.4) is 0 Å². The van der Waals surface area contributed by atoms with Gasteiger partial charge in [0.2, 0.25) is 0 Å². The van der Waals surface area contributed by atoms with Crippen molar-refractivity contribution in [1.82, 2.24) is 9.78 Å². The number of nitrogens with two attached hydrogens (primary N) is 1. The van der Waals surface area contributed by atoms with Crippen molar-refractivity contribution >= 4 is 0 Å². The Morgan fingerprint density at radius 1 is 1.59 bits per heavy atom. The van der Waals surface area contributed by atoms with Crippen molar-refractivity contribution < 1.29 is 5.11 Å². The molecule has 1 aliphatic rings. The number of rotatable bonds is 7. The van der Waals surface area contributed by atoms with E-state index in [0.717, 1.165) is 25.2 Å². The first-order valence-electron chi connectivity index (χ1n) is 6.46. The molecule has 0 aliphatic heterocycles. The van der Waals surface area contributed by atoms with Crippen LogP contribution in [0.2, 0.25) is 0 Å².